The van der Waals surface area contributed by atoms with Crippen LogP contribution in [-0.2, 0) is 4.74 Å². The number of carbonyl (C=O) groups excluding carboxylic acids is 1. The summed E-state index contributed by atoms with van der Waals surface area (Å²) < 4.78 is 10.9. The van der Waals surface area contributed by atoms with Crippen molar-refractivity contribution in [2.75, 3.05) is 19.7 Å². The molecular formula is C14H15NO3. The van der Waals surface area contributed by atoms with E-state index >= 15 is 0 Å². The SMILES string of the molecule is O=C(CC1CNCCO1)c1coc2ccccc12. The number of para-hydroxylation sites is 1. The summed E-state index contributed by atoms with van der Waals surface area (Å²) in [7, 11) is 0. The molecule has 1 aromatic heterocycles. The van der Waals surface area contributed by atoms with Crippen molar-refractivity contribution in [3.8, 4) is 0 Å². The normalized spacial score (nSPS) is 20.1. The zero-order valence-electron chi connectivity index (χ0n) is 10.0. The summed E-state index contributed by atoms with van der Waals surface area (Å²) in [6, 6.07) is 7.58. The van der Waals surface area contributed by atoms with E-state index in [9.17, 15) is 4.79 Å². The minimum Gasteiger partial charge on any atom is -0.464 e. The van der Waals surface area contributed by atoms with Crippen LogP contribution in [0.2, 0.25) is 0 Å². The number of hydrogen-bond donors (Lipinski definition) is 1. The molecule has 4 heteroatoms. The van der Waals surface area contributed by atoms with E-state index in [1.807, 2.05) is 24.3 Å². The fourth-order valence-corrected chi connectivity index (χ4v) is 2.26. The molecule has 0 spiro atoms. The molecule has 1 saturated heterocycles. The molecule has 1 aliphatic heterocycles. The molecule has 1 N–H and O–H groups in total. The molecule has 1 fully saturated rings. The standard InChI is InChI=1S/C14H15NO3/c16-13(7-10-8-15-5-6-17-10)12-9-18-14-4-2-1-3-11(12)14/h1-4,9-10,15H,5-8H2. The van der Waals surface area contributed by atoms with Crippen molar-refractivity contribution in [2.24, 2.45) is 0 Å². The van der Waals surface area contributed by atoms with Crippen LogP contribution in [0.15, 0.2) is 34.9 Å². The quantitative estimate of drug-likeness (QED) is 0.840. The van der Waals surface area contributed by atoms with Gasteiger partial charge in [0.2, 0.25) is 0 Å². The van der Waals surface area contributed by atoms with Gasteiger partial charge < -0.3 is 14.5 Å². The number of benzene rings is 1. The van der Waals surface area contributed by atoms with Crippen LogP contribution in [0, 0.1) is 0 Å². The number of fused-ring (bicyclic) bond motifs is 1. The van der Waals surface area contributed by atoms with Crippen LogP contribution in [-0.4, -0.2) is 31.6 Å². The Morgan fingerprint density at radius 1 is 1.39 bits per heavy atom. The van der Waals surface area contributed by atoms with Gasteiger partial charge in [0.15, 0.2) is 5.78 Å². The van der Waals surface area contributed by atoms with Crippen LogP contribution in [0.25, 0.3) is 11.0 Å². The van der Waals surface area contributed by atoms with E-state index in [0.29, 0.717) is 18.6 Å². The van der Waals surface area contributed by atoms with Gasteiger partial charge in [-0.2, -0.15) is 0 Å². The summed E-state index contributed by atoms with van der Waals surface area (Å²) in [5.74, 6) is 0.0775. The number of ketones is 1. The third kappa shape index (κ3) is 2.17. The summed E-state index contributed by atoms with van der Waals surface area (Å²) in [4.78, 5) is 12.2. The smallest absolute Gasteiger partial charge is 0.169 e. The lowest BCUT2D eigenvalue weighted by Gasteiger charge is -2.22. The highest BCUT2D eigenvalue weighted by Crippen LogP contribution is 2.22. The van der Waals surface area contributed by atoms with Crippen LogP contribution in [0.1, 0.15) is 16.8 Å². The van der Waals surface area contributed by atoms with Crippen LogP contribution >= 0.6 is 0 Å². The van der Waals surface area contributed by atoms with Gasteiger partial charge in [-0.3, -0.25) is 4.79 Å². The van der Waals surface area contributed by atoms with E-state index < -0.39 is 0 Å². The third-order valence-electron chi connectivity index (χ3n) is 3.20. The maximum atomic E-state index is 12.2. The number of ether oxygens (including phenoxy) is 1. The topological polar surface area (TPSA) is 51.5 Å². The number of hydrogen-bond acceptors (Lipinski definition) is 4. The second kappa shape index (κ2) is 4.92. The van der Waals surface area contributed by atoms with Crippen molar-refractivity contribution in [1.82, 2.24) is 5.32 Å². The third-order valence-corrected chi connectivity index (χ3v) is 3.20. The van der Waals surface area contributed by atoms with Crippen molar-refractivity contribution < 1.29 is 13.9 Å². The maximum absolute atomic E-state index is 12.2. The van der Waals surface area contributed by atoms with Crippen molar-refractivity contribution in [3.63, 3.8) is 0 Å². The maximum Gasteiger partial charge on any atom is 0.169 e. The Hall–Kier alpha value is -1.65. The Morgan fingerprint density at radius 2 is 2.28 bits per heavy atom. The minimum atomic E-state index is -0.0279. The predicted molar refractivity (Wildman–Crippen MR) is 67.8 cm³/mol. The molecule has 1 atom stereocenters. The van der Waals surface area contributed by atoms with Crippen LogP contribution in [0.5, 0.6) is 0 Å². The zero-order chi connectivity index (χ0) is 12.4. The first-order valence-corrected chi connectivity index (χ1v) is 6.16. The Labute approximate surface area is 105 Å². The molecule has 1 aromatic carbocycles. The van der Waals surface area contributed by atoms with Gasteiger partial charge in [-0.25, -0.2) is 0 Å². The lowest BCUT2D eigenvalue weighted by Crippen LogP contribution is -2.39. The van der Waals surface area contributed by atoms with Gasteiger partial charge in [0.05, 0.1) is 18.3 Å². The molecule has 4 nitrogen and oxygen atoms in total. The molecule has 0 bridgehead atoms. The molecule has 0 saturated carbocycles. The highest BCUT2D eigenvalue weighted by molar-refractivity contribution is 6.07. The van der Waals surface area contributed by atoms with Gasteiger partial charge in [0.1, 0.15) is 11.8 Å². The molecule has 3 rings (SSSR count). The summed E-state index contributed by atoms with van der Waals surface area (Å²) in [6.45, 7) is 2.27. The first kappa shape index (κ1) is 11.4. The Balaban J connectivity index is 1.79. The molecule has 94 valence electrons. The van der Waals surface area contributed by atoms with Gasteiger partial charge in [0, 0.05) is 24.9 Å². The summed E-state index contributed by atoms with van der Waals surface area (Å²) >= 11 is 0. The highest BCUT2D eigenvalue weighted by atomic mass is 16.5. The molecular weight excluding hydrogens is 230 g/mol. The average Bonchev–Trinajstić information content (AvgIpc) is 2.84. The second-order valence-electron chi connectivity index (χ2n) is 4.47. The van der Waals surface area contributed by atoms with Crippen molar-refractivity contribution in [1.29, 1.82) is 0 Å². The van der Waals surface area contributed by atoms with E-state index in [1.54, 1.807) is 6.26 Å². The molecule has 0 amide bonds. The average molecular weight is 245 g/mol. The van der Waals surface area contributed by atoms with E-state index in [-0.39, 0.29) is 11.9 Å². The van der Waals surface area contributed by atoms with E-state index in [0.717, 1.165) is 24.1 Å². The van der Waals surface area contributed by atoms with Crippen molar-refractivity contribution >= 4 is 16.8 Å². The fourth-order valence-electron chi connectivity index (χ4n) is 2.26. The van der Waals surface area contributed by atoms with Gasteiger partial charge in [0.25, 0.3) is 0 Å². The van der Waals surface area contributed by atoms with Gasteiger partial charge >= 0.3 is 0 Å². The molecule has 1 aliphatic rings. The Bertz CT molecular complexity index is 555. The number of furan rings is 1. The van der Waals surface area contributed by atoms with Crippen molar-refractivity contribution in [3.05, 3.63) is 36.1 Å². The molecule has 0 radical (unpaired) electrons. The van der Waals surface area contributed by atoms with E-state index in [4.69, 9.17) is 9.15 Å². The fraction of sp³-hybridized carbons (Fsp3) is 0.357. The number of carbonyl (C=O) groups is 1. The number of nitrogens with one attached hydrogen (secondary N) is 1. The monoisotopic (exact) mass is 245 g/mol. The number of rotatable bonds is 3. The zero-order valence-corrected chi connectivity index (χ0v) is 10.0. The Morgan fingerprint density at radius 3 is 3.11 bits per heavy atom. The van der Waals surface area contributed by atoms with E-state index in [2.05, 4.69) is 5.32 Å². The largest absolute Gasteiger partial charge is 0.464 e. The lowest BCUT2D eigenvalue weighted by atomic mass is 10.0. The van der Waals surface area contributed by atoms with E-state index in [1.165, 1.54) is 0 Å². The first-order valence-electron chi connectivity index (χ1n) is 6.16. The van der Waals surface area contributed by atoms with Gasteiger partial charge in [-0.1, -0.05) is 18.2 Å². The molecule has 2 aromatic rings. The molecule has 0 aliphatic carbocycles. The lowest BCUT2D eigenvalue weighted by molar-refractivity contribution is 0.0240. The second-order valence-corrected chi connectivity index (χ2v) is 4.47. The molecule has 1 unspecified atom stereocenters. The highest BCUT2D eigenvalue weighted by Gasteiger charge is 2.20. The summed E-state index contributed by atoms with van der Waals surface area (Å²) in [6.07, 6.45) is 1.92. The van der Waals surface area contributed by atoms with Crippen LogP contribution < -0.4 is 5.32 Å². The number of morpholine rings is 1. The minimum absolute atomic E-state index is 0.0279. The summed E-state index contributed by atoms with van der Waals surface area (Å²) in [5, 5.41) is 4.10. The molecule has 18 heavy (non-hydrogen) atoms. The van der Waals surface area contributed by atoms with Crippen molar-refractivity contribution in [2.45, 2.75) is 12.5 Å². The van der Waals surface area contributed by atoms with Crippen LogP contribution in [0.3, 0.4) is 0 Å². The number of Topliss-reactive ketones (excluding diaryl/α,β-unsaturated/α-hetero) is 1. The summed E-state index contributed by atoms with van der Waals surface area (Å²) in [5.41, 5.74) is 1.41. The van der Waals surface area contributed by atoms with Gasteiger partial charge in [-0.15, -0.1) is 0 Å². The van der Waals surface area contributed by atoms with Gasteiger partial charge in [-0.05, 0) is 6.07 Å². The Kier molecular flexibility index (Phi) is 3.13. The first-order chi connectivity index (χ1) is 8.84. The predicted octanol–water partition coefficient (Wildman–Crippen LogP) is 1.99. The molecule has 2 heterocycles. The van der Waals surface area contributed by atoms with Crippen LogP contribution in [0.4, 0.5) is 0 Å².